The highest BCUT2D eigenvalue weighted by atomic mass is 32.2. The highest BCUT2D eigenvalue weighted by Gasteiger charge is 2.28. The molecule has 2 heterocycles. The number of hydrogen-bond donors (Lipinski definition) is 2. The molecule has 1 aliphatic rings. The lowest BCUT2D eigenvalue weighted by atomic mass is 10.1. The summed E-state index contributed by atoms with van der Waals surface area (Å²) in [6.07, 6.45) is 2.93. The first kappa shape index (κ1) is 16.9. The normalized spacial score (nSPS) is 20.8. The van der Waals surface area contributed by atoms with Gasteiger partial charge in [-0.3, -0.25) is 0 Å². The number of nitrogens with one attached hydrogen (secondary N) is 2. The van der Waals surface area contributed by atoms with Crippen LogP contribution in [0.25, 0.3) is 0 Å². The zero-order chi connectivity index (χ0) is 15.3. The molecule has 0 amide bonds. The van der Waals surface area contributed by atoms with E-state index in [1.54, 1.807) is 6.07 Å². The molecule has 1 aliphatic heterocycles. The van der Waals surface area contributed by atoms with Gasteiger partial charge in [-0.2, -0.15) is 0 Å². The van der Waals surface area contributed by atoms with Crippen molar-refractivity contribution in [3.05, 3.63) is 16.3 Å². The molecule has 0 radical (unpaired) electrons. The zero-order valence-corrected chi connectivity index (χ0v) is 14.2. The van der Waals surface area contributed by atoms with E-state index < -0.39 is 10.0 Å². The Morgan fingerprint density at radius 2 is 2.33 bits per heavy atom. The monoisotopic (exact) mass is 332 g/mol. The van der Waals surface area contributed by atoms with Crippen molar-refractivity contribution >= 4 is 21.4 Å². The summed E-state index contributed by atoms with van der Waals surface area (Å²) >= 11 is 1.47. The first-order valence-corrected chi connectivity index (χ1v) is 9.82. The molecule has 0 aromatic carbocycles. The fraction of sp³-hybridized carbons (Fsp3) is 0.714. The molecule has 1 aromatic heterocycles. The third kappa shape index (κ3) is 4.50. The van der Waals surface area contributed by atoms with Gasteiger partial charge >= 0.3 is 0 Å². The van der Waals surface area contributed by atoms with Crippen LogP contribution in [0.2, 0.25) is 0 Å². The minimum atomic E-state index is -3.48. The third-order valence-electron chi connectivity index (χ3n) is 3.57. The van der Waals surface area contributed by atoms with Crippen LogP contribution in [-0.4, -0.2) is 33.7 Å². The Bertz CT molecular complexity index is 536. The summed E-state index contributed by atoms with van der Waals surface area (Å²) in [7, 11) is -3.48. The minimum absolute atomic E-state index is 0.0138. The van der Waals surface area contributed by atoms with Crippen molar-refractivity contribution in [1.82, 2.24) is 10.0 Å². The van der Waals surface area contributed by atoms with Crippen molar-refractivity contribution in [2.45, 2.75) is 56.7 Å². The quantitative estimate of drug-likeness (QED) is 0.715. The SMILES string of the molecule is CCCNCc1sccc1S(=O)(=O)NC(C)C1CCCO1. The van der Waals surface area contributed by atoms with Gasteiger partial charge in [-0.1, -0.05) is 6.92 Å². The number of ether oxygens (including phenoxy) is 1. The Balaban J connectivity index is 2.03. The lowest BCUT2D eigenvalue weighted by molar-refractivity contribution is 0.0902. The molecule has 1 fully saturated rings. The number of thiophene rings is 1. The van der Waals surface area contributed by atoms with Crippen LogP contribution in [0.3, 0.4) is 0 Å². The molecule has 1 aromatic rings. The molecule has 0 saturated carbocycles. The van der Waals surface area contributed by atoms with Crippen molar-refractivity contribution in [3.63, 3.8) is 0 Å². The molecule has 21 heavy (non-hydrogen) atoms. The Kier molecular flexibility index (Phi) is 6.19. The first-order valence-electron chi connectivity index (χ1n) is 7.45. The average molecular weight is 332 g/mol. The van der Waals surface area contributed by atoms with Crippen LogP contribution in [0.4, 0.5) is 0 Å². The van der Waals surface area contributed by atoms with Gasteiger partial charge in [0.15, 0.2) is 0 Å². The first-order chi connectivity index (χ1) is 10.0. The lowest BCUT2D eigenvalue weighted by Crippen LogP contribution is -2.40. The number of sulfonamides is 1. The van der Waals surface area contributed by atoms with E-state index in [1.807, 2.05) is 12.3 Å². The van der Waals surface area contributed by atoms with E-state index in [9.17, 15) is 8.42 Å². The minimum Gasteiger partial charge on any atom is -0.377 e. The van der Waals surface area contributed by atoms with Crippen molar-refractivity contribution < 1.29 is 13.2 Å². The second-order valence-corrected chi connectivity index (χ2v) is 8.03. The maximum Gasteiger partial charge on any atom is 0.242 e. The van der Waals surface area contributed by atoms with Crippen LogP contribution in [-0.2, 0) is 21.3 Å². The van der Waals surface area contributed by atoms with E-state index in [0.29, 0.717) is 11.4 Å². The Hall–Kier alpha value is -0.470. The molecule has 0 aliphatic carbocycles. The second kappa shape index (κ2) is 7.69. The van der Waals surface area contributed by atoms with E-state index in [-0.39, 0.29) is 12.1 Å². The summed E-state index contributed by atoms with van der Waals surface area (Å²) in [6.45, 7) is 6.16. The smallest absolute Gasteiger partial charge is 0.242 e. The van der Waals surface area contributed by atoms with E-state index in [2.05, 4.69) is 17.0 Å². The molecule has 0 spiro atoms. The summed E-state index contributed by atoms with van der Waals surface area (Å²) in [5.74, 6) is 0. The zero-order valence-electron chi connectivity index (χ0n) is 12.6. The lowest BCUT2D eigenvalue weighted by Gasteiger charge is -2.20. The summed E-state index contributed by atoms with van der Waals surface area (Å²) in [6, 6.07) is 1.48. The Labute approximate surface area is 131 Å². The van der Waals surface area contributed by atoms with E-state index in [0.717, 1.165) is 37.3 Å². The Morgan fingerprint density at radius 1 is 1.52 bits per heavy atom. The summed E-state index contributed by atoms with van der Waals surface area (Å²) < 4.78 is 33.4. The Morgan fingerprint density at radius 3 is 3.00 bits per heavy atom. The number of hydrogen-bond acceptors (Lipinski definition) is 5. The highest BCUT2D eigenvalue weighted by molar-refractivity contribution is 7.89. The summed E-state index contributed by atoms with van der Waals surface area (Å²) in [4.78, 5) is 1.25. The molecular weight excluding hydrogens is 308 g/mol. The molecule has 120 valence electrons. The van der Waals surface area contributed by atoms with Crippen molar-refractivity contribution in [2.75, 3.05) is 13.2 Å². The highest BCUT2D eigenvalue weighted by Crippen LogP contribution is 2.23. The second-order valence-electron chi connectivity index (χ2n) is 5.35. The maximum atomic E-state index is 12.5. The van der Waals surface area contributed by atoms with Crippen molar-refractivity contribution in [3.8, 4) is 0 Å². The molecule has 2 rings (SSSR count). The van der Waals surface area contributed by atoms with Crippen LogP contribution in [0, 0.1) is 0 Å². The molecule has 2 N–H and O–H groups in total. The van der Waals surface area contributed by atoms with Gasteiger partial charge in [-0.15, -0.1) is 11.3 Å². The maximum absolute atomic E-state index is 12.5. The van der Waals surface area contributed by atoms with Crippen LogP contribution >= 0.6 is 11.3 Å². The standard InChI is InChI=1S/C14H24N2O3S2/c1-3-7-15-10-13-14(6-9-20-13)21(17,18)16-11(2)12-5-4-8-19-12/h6,9,11-12,15-16H,3-5,7-8,10H2,1-2H3. The van der Waals surface area contributed by atoms with Crippen molar-refractivity contribution in [1.29, 1.82) is 0 Å². The van der Waals surface area contributed by atoms with Crippen LogP contribution in [0.15, 0.2) is 16.3 Å². The van der Waals surface area contributed by atoms with Gasteiger partial charge in [0.1, 0.15) is 0 Å². The molecule has 5 nitrogen and oxygen atoms in total. The van der Waals surface area contributed by atoms with E-state index in [1.165, 1.54) is 11.3 Å². The third-order valence-corrected chi connectivity index (χ3v) is 6.26. The van der Waals surface area contributed by atoms with Crippen LogP contribution in [0.5, 0.6) is 0 Å². The van der Waals surface area contributed by atoms with Gasteiger partial charge in [-0.25, -0.2) is 13.1 Å². The van der Waals surface area contributed by atoms with Crippen LogP contribution in [0.1, 0.15) is 38.0 Å². The predicted molar refractivity (Wildman–Crippen MR) is 85.1 cm³/mol. The fourth-order valence-electron chi connectivity index (χ4n) is 2.46. The average Bonchev–Trinajstić information content (AvgIpc) is 3.10. The van der Waals surface area contributed by atoms with Gasteiger partial charge in [0, 0.05) is 24.1 Å². The summed E-state index contributed by atoms with van der Waals surface area (Å²) in [5, 5.41) is 5.08. The van der Waals surface area contributed by atoms with E-state index >= 15 is 0 Å². The molecule has 2 unspecified atom stereocenters. The van der Waals surface area contributed by atoms with E-state index in [4.69, 9.17) is 4.74 Å². The van der Waals surface area contributed by atoms with Gasteiger partial charge in [0.2, 0.25) is 10.0 Å². The fourth-order valence-corrected chi connectivity index (χ4v) is 5.14. The van der Waals surface area contributed by atoms with Gasteiger partial charge in [0.25, 0.3) is 0 Å². The summed E-state index contributed by atoms with van der Waals surface area (Å²) in [5.41, 5.74) is 0. The van der Waals surface area contributed by atoms with Gasteiger partial charge < -0.3 is 10.1 Å². The topological polar surface area (TPSA) is 67.4 Å². The van der Waals surface area contributed by atoms with Gasteiger partial charge in [-0.05, 0) is 44.2 Å². The molecule has 0 bridgehead atoms. The molecular formula is C14H24N2O3S2. The van der Waals surface area contributed by atoms with Gasteiger partial charge in [0.05, 0.1) is 11.0 Å². The molecule has 7 heteroatoms. The largest absolute Gasteiger partial charge is 0.377 e. The predicted octanol–water partition coefficient (Wildman–Crippen LogP) is 2.09. The molecule has 2 atom stereocenters. The van der Waals surface area contributed by atoms with Crippen molar-refractivity contribution in [2.24, 2.45) is 0 Å². The van der Waals surface area contributed by atoms with Crippen LogP contribution < -0.4 is 10.0 Å². The number of rotatable bonds is 8. The molecule has 1 saturated heterocycles.